The van der Waals surface area contributed by atoms with E-state index in [9.17, 15) is 13.2 Å². The molecule has 0 saturated carbocycles. The number of nitrogens with zero attached hydrogens (tertiary/aromatic N) is 5. The Morgan fingerprint density at radius 2 is 1.74 bits per heavy atom. The molecular weight excluding hydrogens is 530 g/mol. The maximum Gasteiger partial charge on any atom is 0.264 e. The molecule has 0 radical (unpaired) electrons. The molecule has 0 bridgehead atoms. The Morgan fingerprint density at radius 3 is 2.41 bits per heavy atom. The van der Waals surface area contributed by atoms with Crippen LogP contribution in [-0.4, -0.2) is 42.2 Å². The SMILES string of the molecule is CCN(c1ccccc1)S(=O)(=O)c1ccc(C(=O)N(CCn2cccn2)c2nc3c(C)cc(C)cc3s2)cc1. The summed E-state index contributed by atoms with van der Waals surface area (Å²) in [6, 6.07) is 21.1. The highest BCUT2D eigenvalue weighted by Crippen LogP contribution is 2.33. The van der Waals surface area contributed by atoms with Crippen LogP contribution in [0.1, 0.15) is 28.4 Å². The van der Waals surface area contributed by atoms with Crippen molar-refractivity contribution in [3.05, 3.63) is 102 Å². The molecule has 0 aliphatic heterocycles. The Morgan fingerprint density at radius 1 is 1.00 bits per heavy atom. The van der Waals surface area contributed by atoms with E-state index in [1.165, 1.54) is 27.8 Å². The third kappa shape index (κ3) is 5.43. The molecule has 5 aromatic rings. The van der Waals surface area contributed by atoms with Crippen LogP contribution in [0.25, 0.3) is 10.2 Å². The van der Waals surface area contributed by atoms with Crippen LogP contribution in [0.2, 0.25) is 0 Å². The van der Waals surface area contributed by atoms with E-state index in [0.717, 1.165) is 21.3 Å². The second kappa shape index (κ2) is 11.0. The van der Waals surface area contributed by atoms with Crippen molar-refractivity contribution in [1.29, 1.82) is 0 Å². The molecule has 0 aliphatic carbocycles. The molecule has 2 heterocycles. The summed E-state index contributed by atoms with van der Waals surface area (Å²) >= 11 is 1.47. The number of rotatable bonds is 9. The summed E-state index contributed by atoms with van der Waals surface area (Å²) in [5.74, 6) is -0.255. The molecule has 39 heavy (non-hydrogen) atoms. The number of carbonyl (C=O) groups is 1. The summed E-state index contributed by atoms with van der Waals surface area (Å²) in [4.78, 5) is 20.4. The summed E-state index contributed by atoms with van der Waals surface area (Å²) in [7, 11) is -3.80. The van der Waals surface area contributed by atoms with Crippen molar-refractivity contribution < 1.29 is 13.2 Å². The van der Waals surface area contributed by atoms with E-state index >= 15 is 0 Å². The molecule has 0 saturated heterocycles. The predicted molar refractivity (Wildman–Crippen MR) is 156 cm³/mol. The summed E-state index contributed by atoms with van der Waals surface area (Å²) in [6.45, 7) is 6.98. The molecule has 2 aromatic heterocycles. The van der Waals surface area contributed by atoms with Gasteiger partial charge in [0.05, 0.1) is 27.3 Å². The van der Waals surface area contributed by atoms with Gasteiger partial charge in [0, 0.05) is 31.0 Å². The molecule has 0 spiro atoms. The lowest BCUT2D eigenvalue weighted by molar-refractivity contribution is 0.0985. The fourth-order valence-electron chi connectivity index (χ4n) is 4.53. The zero-order valence-electron chi connectivity index (χ0n) is 22.0. The maximum absolute atomic E-state index is 13.8. The first-order chi connectivity index (χ1) is 18.8. The topological polar surface area (TPSA) is 88.4 Å². The third-order valence-electron chi connectivity index (χ3n) is 6.43. The van der Waals surface area contributed by atoms with Crippen LogP contribution in [0.3, 0.4) is 0 Å². The molecule has 0 fully saturated rings. The Hall–Kier alpha value is -4.02. The highest BCUT2D eigenvalue weighted by Gasteiger charge is 2.26. The van der Waals surface area contributed by atoms with E-state index in [1.54, 1.807) is 59.1 Å². The molecule has 0 unspecified atom stereocenters. The van der Waals surface area contributed by atoms with E-state index in [-0.39, 0.29) is 17.3 Å². The van der Waals surface area contributed by atoms with E-state index in [2.05, 4.69) is 17.2 Å². The van der Waals surface area contributed by atoms with Crippen LogP contribution in [0.4, 0.5) is 10.8 Å². The number of hydrogen-bond donors (Lipinski definition) is 0. The molecular formula is C29H29N5O3S2. The van der Waals surface area contributed by atoms with Gasteiger partial charge < -0.3 is 0 Å². The number of anilines is 2. The second-order valence-electron chi connectivity index (χ2n) is 9.18. The number of para-hydroxylation sites is 1. The number of aromatic nitrogens is 3. The average molecular weight is 560 g/mol. The zero-order chi connectivity index (χ0) is 27.6. The van der Waals surface area contributed by atoms with Crippen LogP contribution >= 0.6 is 11.3 Å². The second-order valence-corrected chi connectivity index (χ2v) is 12.1. The van der Waals surface area contributed by atoms with Gasteiger partial charge in [-0.1, -0.05) is 35.6 Å². The highest BCUT2D eigenvalue weighted by molar-refractivity contribution is 7.92. The highest BCUT2D eigenvalue weighted by atomic mass is 32.2. The van der Waals surface area contributed by atoms with Crippen molar-refractivity contribution in [1.82, 2.24) is 14.8 Å². The Kier molecular flexibility index (Phi) is 7.49. The normalized spacial score (nSPS) is 11.6. The lowest BCUT2D eigenvalue weighted by Gasteiger charge is -2.23. The molecule has 0 atom stereocenters. The minimum atomic E-state index is -3.80. The van der Waals surface area contributed by atoms with E-state index in [4.69, 9.17) is 4.98 Å². The number of fused-ring (bicyclic) bond motifs is 1. The van der Waals surface area contributed by atoms with E-state index in [0.29, 0.717) is 29.5 Å². The van der Waals surface area contributed by atoms with Crippen LogP contribution in [0.15, 0.2) is 90.1 Å². The fourth-order valence-corrected chi connectivity index (χ4v) is 7.17. The van der Waals surface area contributed by atoms with Crippen LogP contribution < -0.4 is 9.21 Å². The average Bonchev–Trinajstić information content (AvgIpc) is 3.60. The fraction of sp³-hybridized carbons (Fsp3) is 0.207. The van der Waals surface area contributed by atoms with Crippen molar-refractivity contribution in [2.24, 2.45) is 0 Å². The van der Waals surface area contributed by atoms with E-state index in [1.807, 2.05) is 32.2 Å². The number of hydrogen-bond acceptors (Lipinski definition) is 6. The number of thiazole rings is 1. The standard InChI is InChI=1S/C29H29N5O3S2/c1-4-34(24-9-6-5-7-10-24)39(36,37)25-13-11-23(12-14-25)28(35)33(18-17-32-16-8-15-30-32)29-31-27-22(3)19-21(2)20-26(27)38-29/h5-16,19-20H,4,17-18H2,1-3H3. The first-order valence-electron chi connectivity index (χ1n) is 12.6. The molecule has 10 heteroatoms. The van der Waals surface area contributed by atoms with Crippen LogP contribution in [-0.2, 0) is 16.6 Å². The number of amides is 1. The molecule has 8 nitrogen and oxygen atoms in total. The lowest BCUT2D eigenvalue weighted by Crippen LogP contribution is -2.34. The van der Waals surface area contributed by atoms with Gasteiger partial charge in [0.15, 0.2) is 5.13 Å². The molecule has 3 aromatic carbocycles. The molecule has 0 aliphatic rings. The van der Waals surface area contributed by atoms with Crippen molar-refractivity contribution in [3.8, 4) is 0 Å². The predicted octanol–water partition coefficient (Wildman–Crippen LogP) is 5.67. The minimum absolute atomic E-state index is 0.124. The molecule has 1 amide bonds. The number of aryl methyl sites for hydroxylation is 2. The van der Waals surface area contributed by atoms with Crippen molar-refractivity contribution >= 4 is 48.3 Å². The number of sulfonamides is 1. The summed E-state index contributed by atoms with van der Waals surface area (Å²) in [5, 5.41) is 4.85. The minimum Gasteiger partial charge on any atom is -0.282 e. The van der Waals surface area contributed by atoms with Crippen molar-refractivity contribution in [3.63, 3.8) is 0 Å². The quantitative estimate of drug-likeness (QED) is 0.232. The van der Waals surface area contributed by atoms with Crippen molar-refractivity contribution in [2.75, 3.05) is 22.3 Å². The number of carbonyl (C=O) groups excluding carboxylic acids is 1. The first-order valence-corrected chi connectivity index (χ1v) is 14.9. The van der Waals surface area contributed by atoms with Gasteiger partial charge in [-0.05, 0) is 80.4 Å². The smallest absolute Gasteiger partial charge is 0.264 e. The molecule has 5 rings (SSSR count). The molecule has 200 valence electrons. The Balaban J connectivity index is 1.46. The van der Waals surface area contributed by atoms with Crippen LogP contribution in [0, 0.1) is 13.8 Å². The first kappa shape index (κ1) is 26.6. The maximum atomic E-state index is 13.8. The zero-order valence-corrected chi connectivity index (χ0v) is 23.6. The largest absolute Gasteiger partial charge is 0.282 e. The Labute approximate surface area is 232 Å². The monoisotopic (exact) mass is 559 g/mol. The van der Waals surface area contributed by atoms with Gasteiger partial charge >= 0.3 is 0 Å². The van der Waals surface area contributed by atoms with Crippen LogP contribution in [0.5, 0.6) is 0 Å². The van der Waals surface area contributed by atoms with Gasteiger partial charge in [0.1, 0.15) is 0 Å². The molecule has 0 N–H and O–H groups in total. The third-order valence-corrected chi connectivity index (χ3v) is 9.37. The van der Waals surface area contributed by atoms with Gasteiger partial charge in [-0.25, -0.2) is 13.4 Å². The van der Waals surface area contributed by atoms with Gasteiger partial charge in [-0.15, -0.1) is 0 Å². The van der Waals surface area contributed by atoms with Gasteiger partial charge in [-0.3, -0.25) is 18.7 Å². The summed E-state index contributed by atoms with van der Waals surface area (Å²) in [6.07, 6.45) is 3.55. The summed E-state index contributed by atoms with van der Waals surface area (Å²) < 4.78 is 30.9. The van der Waals surface area contributed by atoms with Gasteiger partial charge in [0.2, 0.25) is 0 Å². The summed E-state index contributed by atoms with van der Waals surface area (Å²) in [5.41, 5.74) is 4.04. The van der Waals surface area contributed by atoms with Gasteiger partial charge in [-0.2, -0.15) is 5.10 Å². The van der Waals surface area contributed by atoms with Gasteiger partial charge in [0.25, 0.3) is 15.9 Å². The number of benzene rings is 3. The van der Waals surface area contributed by atoms with Crippen molar-refractivity contribution in [2.45, 2.75) is 32.2 Å². The lowest BCUT2D eigenvalue weighted by atomic mass is 10.1. The van der Waals surface area contributed by atoms with E-state index < -0.39 is 10.0 Å². The Bertz CT molecular complexity index is 1700.